The molecule has 7 nitrogen and oxygen atoms in total. The minimum absolute atomic E-state index is 0.00730. The lowest BCUT2D eigenvalue weighted by Gasteiger charge is -2.24. The number of Topliss-reactive ketones (excluding diaryl/α,β-unsaturated/α-hetero) is 1. The van der Waals surface area contributed by atoms with E-state index in [1.807, 2.05) is 0 Å². The van der Waals surface area contributed by atoms with E-state index in [0.717, 1.165) is 17.0 Å². The molecule has 33 heavy (non-hydrogen) atoms. The average Bonchev–Trinajstić information content (AvgIpc) is 3.40. The standard InChI is InChI=1S/C23H16ClF2NO6/c1-31-17-10-13(24)18(32-2)9-12(17)21(28)19-20(16-4-3-7-33-16)27(23(30)22(19)29)15-6-5-11(25)8-14(15)26/h3-10,20,28H,1-2H3/b21-19+. The highest BCUT2D eigenvalue weighted by atomic mass is 35.5. The molecular weight excluding hydrogens is 460 g/mol. The number of nitrogens with zero attached hydrogens (tertiary/aromatic N) is 1. The number of amides is 1. The third-order valence-corrected chi connectivity index (χ3v) is 5.45. The van der Waals surface area contributed by atoms with Crippen molar-refractivity contribution >= 4 is 34.7 Å². The largest absolute Gasteiger partial charge is 0.507 e. The zero-order valence-electron chi connectivity index (χ0n) is 17.3. The molecule has 0 radical (unpaired) electrons. The van der Waals surface area contributed by atoms with Crippen LogP contribution >= 0.6 is 11.6 Å². The zero-order valence-corrected chi connectivity index (χ0v) is 18.0. The highest BCUT2D eigenvalue weighted by Crippen LogP contribution is 2.45. The summed E-state index contributed by atoms with van der Waals surface area (Å²) in [6.45, 7) is 0. The SMILES string of the molecule is COc1cc(/C(O)=C2\C(=O)C(=O)N(c3ccc(F)cc3F)C2c2ccco2)c(OC)cc1Cl. The summed E-state index contributed by atoms with van der Waals surface area (Å²) < 4.78 is 43.9. The topological polar surface area (TPSA) is 89.2 Å². The number of carbonyl (C=O) groups excluding carboxylic acids is 2. The molecule has 1 N–H and O–H groups in total. The molecule has 1 fully saturated rings. The van der Waals surface area contributed by atoms with E-state index in [0.29, 0.717) is 6.07 Å². The van der Waals surface area contributed by atoms with Crippen LogP contribution in [0.4, 0.5) is 14.5 Å². The molecule has 2 aromatic carbocycles. The lowest BCUT2D eigenvalue weighted by molar-refractivity contribution is -0.132. The maximum Gasteiger partial charge on any atom is 0.300 e. The molecule has 10 heteroatoms. The number of carbonyl (C=O) groups is 2. The lowest BCUT2D eigenvalue weighted by Crippen LogP contribution is -2.30. The monoisotopic (exact) mass is 475 g/mol. The van der Waals surface area contributed by atoms with Gasteiger partial charge in [0.1, 0.15) is 40.7 Å². The van der Waals surface area contributed by atoms with Crippen molar-refractivity contribution in [3.8, 4) is 11.5 Å². The van der Waals surface area contributed by atoms with Gasteiger partial charge in [-0.2, -0.15) is 0 Å². The first-order valence-corrected chi connectivity index (χ1v) is 9.87. The molecule has 0 spiro atoms. The maximum atomic E-state index is 14.6. The number of benzene rings is 2. The van der Waals surface area contributed by atoms with Gasteiger partial charge in [-0.25, -0.2) is 8.78 Å². The van der Waals surface area contributed by atoms with E-state index >= 15 is 0 Å². The normalized spacial score (nSPS) is 17.5. The second kappa shape index (κ2) is 8.59. The average molecular weight is 476 g/mol. The van der Waals surface area contributed by atoms with Gasteiger partial charge >= 0.3 is 0 Å². The highest BCUT2D eigenvalue weighted by molar-refractivity contribution is 6.51. The predicted octanol–water partition coefficient (Wildman–Crippen LogP) is 4.85. The smallest absolute Gasteiger partial charge is 0.300 e. The van der Waals surface area contributed by atoms with Crippen LogP contribution in [0.3, 0.4) is 0 Å². The molecule has 1 atom stereocenters. The Bertz CT molecular complexity index is 1290. The van der Waals surface area contributed by atoms with Gasteiger partial charge in [0.05, 0.1) is 42.3 Å². The minimum Gasteiger partial charge on any atom is -0.507 e. The third-order valence-electron chi connectivity index (χ3n) is 5.16. The van der Waals surface area contributed by atoms with E-state index in [2.05, 4.69) is 0 Å². The Labute approximate surface area is 191 Å². The first-order chi connectivity index (χ1) is 15.8. The van der Waals surface area contributed by atoms with Gasteiger partial charge in [0, 0.05) is 12.1 Å². The van der Waals surface area contributed by atoms with E-state index in [1.165, 1.54) is 44.7 Å². The summed E-state index contributed by atoms with van der Waals surface area (Å²) in [5.41, 5.74) is -0.742. The van der Waals surface area contributed by atoms with Crippen molar-refractivity contribution in [1.29, 1.82) is 0 Å². The number of aliphatic hydroxyl groups is 1. The molecule has 0 saturated carbocycles. The fourth-order valence-electron chi connectivity index (χ4n) is 3.66. The third kappa shape index (κ3) is 3.70. The van der Waals surface area contributed by atoms with Gasteiger partial charge in [0.15, 0.2) is 0 Å². The quantitative estimate of drug-likeness (QED) is 0.322. The second-order valence-corrected chi connectivity index (χ2v) is 7.37. The molecule has 1 aliphatic rings. The van der Waals surface area contributed by atoms with Gasteiger partial charge in [0.2, 0.25) is 0 Å². The first kappa shape index (κ1) is 22.3. The van der Waals surface area contributed by atoms with Crippen LogP contribution in [0.2, 0.25) is 5.02 Å². The molecule has 0 aliphatic carbocycles. The van der Waals surface area contributed by atoms with E-state index in [-0.39, 0.29) is 39.1 Å². The first-order valence-electron chi connectivity index (χ1n) is 9.49. The summed E-state index contributed by atoms with van der Waals surface area (Å²) >= 11 is 6.12. The fraction of sp³-hybridized carbons (Fsp3) is 0.130. The van der Waals surface area contributed by atoms with Crippen LogP contribution < -0.4 is 14.4 Å². The molecule has 1 aliphatic heterocycles. The summed E-state index contributed by atoms with van der Waals surface area (Å²) in [4.78, 5) is 26.8. The van der Waals surface area contributed by atoms with Crippen molar-refractivity contribution in [2.24, 2.45) is 0 Å². The van der Waals surface area contributed by atoms with Crippen molar-refractivity contribution in [3.05, 3.63) is 82.3 Å². The minimum atomic E-state index is -1.34. The number of aliphatic hydroxyl groups excluding tert-OH is 1. The summed E-state index contributed by atoms with van der Waals surface area (Å²) in [7, 11) is 2.68. The molecule has 1 saturated heterocycles. The van der Waals surface area contributed by atoms with Crippen LogP contribution in [0, 0.1) is 11.6 Å². The number of hydrogen-bond acceptors (Lipinski definition) is 6. The molecule has 1 aromatic heterocycles. The summed E-state index contributed by atoms with van der Waals surface area (Å²) in [6.07, 6.45) is 1.29. The van der Waals surface area contributed by atoms with E-state index in [1.54, 1.807) is 0 Å². The van der Waals surface area contributed by atoms with Gasteiger partial charge in [-0.1, -0.05) is 11.6 Å². The van der Waals surface area contributed by atoms with Crippen LogP contribution in [0.5, 0.6) is 11.5 Å². The molecule has 4 rings (SSSR count). The number of ketones is 1. The van der Waals surface area contributed by atoms with Crippen molar-refractivity contribution in [1.82, 2.24) is 0 Å². The number of hydrogen-bond donors (Lipinski definition) is 1. The number of methoxy groups -OCH3 is 2. The molecule has 2 heterocycles. The van der Waals surface area contributed by atoms with Gasteiger partial charge < -0.3 is 19.0 Å². The van der Waals surface area contributed by atoms with E-state index < -0.39 is 35.1 Å². The fourth-order valence-corrected chi connectivity index (χ4v) is 3.90. The maximum absolute atomic E-state index is 14.6. The Morgan fingerprint density at radius 2 is 1.82 bits per heavy atom. The Morgan fingerprint density at radius 3 is 2.42 bits per heavy atom. The number of halogens is 3. The van der Waals surface area contributed by atoms with Crippen molar-refractivity contribution in [3.63, 3.8) is 0 Å². The van der Waals surface area contributed by atoms with Crippen LogP contribution in [0.1, 0.15) is 17.4 Å². The van der Waals surface area contributed by atoms with Gasteiger partial charge in [-0.15, -0.1) is 0 Å². The van der Waals surface area contributed by atoms with Crippen LogP contribution in [0.25, 0.3) is 5.76 Å². The summed E-state index contributed by atoms with van der Waals surface area (Å²) in [5.74, 6) is -4.45. The Hall–Kier alpha value is -3.85. The van der Waals surface area contributed by atoms with Gasteiger partial charge in [-0.3, -0.25) is 14.5 Å². The molecule has 170 valence electrons. The number of rotatable bonds is 5. The van der Waals surface area contributed by atoms with E-state index in [4.69, 9.17) is 25.5 Å². The second-order valence-electron chi connectivity index (χ2n) is 6.97. The predicted molar refractivity (Wildman–Crippen MR) is 114 cm³/mol. The van der Waals surface area contributed by atoms with Crippen LogP contribution in [-0.4, -0.2) is 31.0 Å². The highest BCUT2D eigenvalue weighted by Gasteiger charge is 2.49. The van der Waals surface area contributed by atoms with Crippen molar-refractivity contribution < 1.29 is 37.4 Å². The van der Waals surface area contributed by atoms with Gasteiger partial charge in [0.25, 0.3) is 11.7 Å². The number of anilines is 1. The summed E-state index contributed by atoms with van der Waals surface area (Å²) in [6, 6.07) is 6.88. The number of ether oxygens (including phenoxy) is 2. The van der Waals surface area contributed by atoms with Crippen molar-refractivity contribution in [2.75, 3.05) is 19.1 Å². The number of furan rings is 1. The Morgan fingerprint density at radius 1 is 1.09 bits per heavy atom. The molecule has 0 bridgehead atoms. The Kier molecular flexibility index (Phi) is 5.82. The zero-order chi connectivity index (χ0) is 23.9. The molecule has 1 amide bonds. The van der Waals surface area contributed by atoms with E-state index in [9.17, 15) is 23.5 Å². The molecular formula is C23H16ClF2NO6. The van der Waals surface area contributed by atoms with Crippen LogP contribution in [-0.2, 0) is 9.59 Å². The Balaban J connectivity index is 1.99. The van der Waals surface area contributed by atoms with Crippen molar-refractivity contribution in [2.45, 2.75) is 6.04 Å². The molecule has 1 unspecified atom stereocenters. The van der Waals surface area contributed by atoms with Crippen LogP contribution in [0.15, 0.2) is 58.7 Å². The molecule has 3 aromatic rings. The van der Waals surface area contributed by atoms with Gasteiger partial charge in [-0.05, 0) is 30.3 Å². The summed E-state index contributed by atoms with van der Waals surface area (Å²) in [5, 5.41) is 11.4. The lowest BCUT2D eigenvalue weighted by atomic mass is 9.98.